The van der Waals surface area contributed by atoms with Crippen LogP contribution < -0.4 is 0 Å². The number of hydrogen-bond acceptors (Lipinski definition) is 1. The molecular formula is C15H19ClO. The predicted octanol–water partition coefficient (Wildman–Crippen LogP) is 3.79. The normalized spacial score (nSPS) is 17.6. The quantitative estimate of drug-likeness (QED) is 0.807. The Morgan fingerprint density at radius 3 is 2.53 bits per heavy atom. The molecule has 1 aliphatic rings. The number of hydrogen-bond donors (Lipinski definition) is 1. The minimum absolute atomic E-state index is 0.299. The van der Waals surface area contributed by atoms with E-state index >= 15 is 0 Å². The highest BCUT2D eigenvalue weighted by Gasteiger charge is 2.07. The van der Waals surface area contributed by atoms with Crippen molar-refractivity contribution in [2.24, 2.45) is 0 Å². The second-order valence-corrected chi connectivity index (χ2v) is 4.99. The Kier molecular flexibility index (Phi) is 4.64. The van der Waals surface area contributed by atoms with Gasteiger partial charge in [-0.05, 0) is 48.8 Å². The van der Waals surface area contributed by atoms with Gasteiger partial charge in [0.25, 0.3) is 0 Å². The summed E-state index contributed by atoms with van der Waals surface area (Å²) in [5, 5.41) is 9.49. The van der Waals surface area contributed by atoms with Crippen molar-refractivity contribution in [3.05, 3.63) is 41.5 Å². The van der Waals surface area contributed by atoms with Crippen LogP contribution in [0.25, 0.3) is 5.57 Å². The molecule has 0 bridgehead atoms. The molecule has 0 radical (unpaired) electrons. The van der Waals surface area contributed by atoms with Gasteiger partial charge in [-0.1, -0.05) is 30.3 Å². The Bertz CT molecular complexity index is 380. The van der Waals surface area contributed by atoms with Crippen LogP contribution in [0.4, 0.5) is 0 Å². The van der Waals surface area contributed by atoms with Gasteiger partial charge in [0.2, 0.25) is 0 Å². The molecule has 0 fully saturated rings. The van der Waals surface area contributed by atoms with Crippen molar-refractivity contribution < 1.29 is 5.11 Å². The van der Waals surface area contributed by atoms with Crippen molar-refractivity contribution in [1.29, 1.82) is 0 Å². The molecule has 1 atom stereocenters. The van der Waals surface area contributed by atoms with Crippen molar-refractivity contribution in [3.8, 4) is 0 Å². The largest absolute Gasteiger partial charge is 0.392 e. The smallest absolute Gasteiger partial charge is 0.0715 e. The summed E-state index contributed by atoms with van der Waals surface area (Å²) in [6, 6.07) is 8.52. The first kappa shape index (κ1) is 12.7. The highest BCUT2D eigenvalue weighted by Crippen LogP contribution is 2.26. The molecule has 0 unspecified atom stereocenters. The lowest BCUT2D eigenvalue weighted by atomic mass is 9.93. The topological polar surface area (TPSA) is 20.2 Å². The standard InChI is InChI=1S/C15H19ClO/c16-11-15(17)10-12-6-8-14(9-7-12)13-4-2-1-3-5-13/h4,6-9,15,17H,1-3,5,10-11H2/t15-/m0/s1. The van der Waals surface area contributed by atoms with Crippen LogP contribution in [0.5, 0.6) is 0 Å². The first-order valence-electron chi connectivity index (χ1n) is 6.32. The van der Waals surface area contributed by atoms with E-state index in [2.05, 4.69) is 30.3 Å². The molecule has 2 rings (SSSR count). The van der Waals surface area contributed by atoms with E-state index in [0.29, 0.717) is 12.3 Å². The van der Waals surface area contributed by atoms with Crippen molar-refractivity contribution in [2.45, 2.75) is 38.2 Å². The average Bonchev–Trinajstić information content (AvgIpc) is 2.40. The van der Waals surface area contributed by atoms with Gasteiger partial charge in [-0.2, -0.15) is 0 Å². The predicted molar refractivity (Wildman–Crippen MR) is 73.3 cm³/mol. The molecule has 0 amide bonds. The molecule has 0 saturated carbocycles. The molecule has 1 aromatic carbocycles. The molecule has 92 valence electrons. The first-order chi connectivity index (χ1) is 8.29. The van der Waals surface area contributed by atoms with Crippen molar-refractivity contribution in [1.82, 2.24) is 0 Å². The van der Waals surface area contributed by atoms with Gasteiger partial charge in [-0.3, -0.25) is 0 Å². The highest BCUT2D eigenvalue weighted by molar-refractivity contribution is 6.18. The van der Waals surface area contributed by atoms with Crippen LogP contribution in [0.3, 0.4) is 0 Å². The maximum absolute atomic E-state index is 9.49. The monoisotopic (exact) mass is 250 g/mol. The Morgan fingerprint density at radius 1 is 1.18 bits per heavy atom. The number of rotatable bonds is 4. The lowest BCUT2D eigenvalue weighted by Gasteiger charge is -2.13. The van der Waals surface area contributed by atoms with E-state index in [1.54, 1.807) is 0 Å². The number of benzene rings is 1. The van der Waals surface area contributed by atoms with Crippen LogP contribution in [0.2, 0.25) is 0 Å². The molecule has 0 saturated heterocycles. The summed E-state index contributed by atoms with van der Waals surface area (Å²) in [5.74, 6) is 0.299. The van der Waals surface area contributed by atoms with E-state index < -0.39 is 6.10 Å². The van der Waals surface area contributed by atoms with E-state index in [-0.39, 0.29) is 0 Å². The lowest BCUT2D eigenvalue weighted by Crippen LogP contribution is -2.11. The van der Waals surface area contributed by atoms with E-state index in [4.69, 9.17) is 11.6 Å². The zero-order valence-electron chi connectivity index (χ0n) is 10.0. The Balaban J connectivity index is 2.04. The van der Waals surface area contributed by atoms with Crippen molar-refractivity contribution >= 4 is 17.2 Å². The summed E-state index contributed by atoms with van der Waals surface area (Å²) in [6.45, 7) is 0. The van der Waals surface area contributed by atoms with Crippen molar-refractivity contribution in [3.63, 3.8) is 0 Å². The summed E-state index contributed by atoms with van der Waals surface area (Å²) >= 11 is 5.60. The van der Waals surface area contributed by atoms with Gasteiger partial charge < -0.3 is 5.11 Å². The molecule has 0 aromatic heterocycles. The summed E-state index contributed by atoms with van der Waals surface area (Å²) in [5.41, 5.74) is 3.95. The van der Waals surface area contributed by atoms with Crippen LogP contribution in [-0.4, -0.2) is 17.1 Å². The third-order valence-electron chi connectivity index (χ3n) is 3.27. The van der Waals surface area contributed by atoms with Gasteiger partial charge in [0.15, 0.2) is 0 Å². The summed E-state index contributed by atoms with van der Waals surface area (Å²) < 4.78 is 0. The molecule has 0 heterocycles. The molecule has 1 aromatic rings. The van der Waals surface area contributed by atoms with E-state index in [1.807, 2.05) is 0 Å². The summed E-state index contributed by atoms with van der Waals surface area (Å²) in [7, 11) is 0. The van der Waals surface area contributed by atoms with E-state index in [9.17, 15) is 5.11 Å². The van der Waals surface area contributed by atoms with Crippen molar-refractivity contribution in [2.75, 3.05) is 5.88 Å². The fourth-order valence-electron chi connectivity index (χ4n) is 2.28. The van der Waals surface area contributed by atoms with E-state index in [0.717, 1.165) is 5.56 Å². The van der Waals surface area contributed by atoms with Gasteiger partial charge in [-0.15, -0.1) is 11.6 Å². The van der Waals surface area contributed by atoms with E-state index in [1.165, 1.54) is 36.8 Å². The first-order valence-corrected chi connectivity index (χ1v) is 6.85. The molecule has 17 heavy (non-hydrogen) atoms. The third-order valence-corrected chi connectivity index (χ3v) is 3.62. The average molecular weight is 251 g/mol. The fourth-order valence-corrected chi connectivity index (χ4v) is 2.39. The summed E-state index contributed by atoms with van der Waals surface area (Å²) in [6.07, 6.45) is 7.60. The SMILES string of the molecule is O[C@H](CCl)Cc1ccc(C2=CCCCC2)cc1. The molecule has 0 aliphatic heterocycles. The Hall–Kier alpha value is -0.790. The maximum atomic E-state index is 9.49. The van der Waals surface area contributed by atoms with Crippen LogP contribution >= 0.6 is 11.6 Å². The summed E-state index contributed by atoms with van der Waals surface area (Å²) in [4.78, 5) is 0. The molecule has 2 heteroatoms. The molecule has 0 spiro atoms. The fraction of sp³-hybridized carbons (Fsp3) is 0.467. The Labute approximate surface area is 108 Å². The third kappa shape index (κ3) is 3.58. The van der Waals surface area contributed by atoms with Crippen LogP contribution in [-0.2, 0) is 6.42 Å². The lowest BCUT2D eigenvalue weighted by molar-refractivity contribution is 0.199. The minimum Gasteiger partial charge on any atom is -0.392 e. The number of aliphatic hydroxyl groups is 1. The zero-order valence-corrected chi connectivity index (χ0v) is 10.8. The van der Waals surface area contributed by atoms with Crippen LogP contribution in [0, 0.1) is 0 Å². The molecule has 1 aliphatic carbocycles. The number of allylic oxidation sites excluding steroid dienone is 2. The van der Waals surface area contributed by atoms with Crippen LogP contribution in [0.15, 0.2) is 30.3 Å². The number of halogens is 1. The number of alkyl halides is 1. The van der Waals surface area contributed by atoms with Gasteiger partial charge in [0, 0.05) is 5.88 Å². The minimum atomic E-state index is -0.434. The van der Waals surface area contributed by atoms with Gasteiger partial charge in [0.1, 0.15) is 0 Å². The zero-order chi connectivity index (χ0) is 12.1. The van der Waals surface area contributed by atoms with Gasteiger partial charge >= 0.3 is 0 Å². The highest BCUT2D eigenvalue weighted by atomic mass is 35.5. The van der Waals surface area contributed by atoms with Gasteiger partial charge in [-0.25, -0.2) is 0 Å². The van der Waals surface area contributed by atoms with Crippen LogP contribution in [0.1, 0.15) is 36.8 Å². The molecular weight excluding hydrogens is 232 g/mol. The van der Waals surface area contributed by atoms with Gasteiger partial charge in [0.05, 0.1) is 6.10 Å². The Morgan fingerprint density at radius 2 is 1.94 bits per heavy atom. The second kappa shape index (κ2) is 6.23. The second-order valence-electron chi connectivity index (χ2n) is 4.68. The molecule has 1 N–H and O–H groups in total. The maximum Gasteiger partial charge on any atom is 0.0715 e. The number of aliphatic hydroxyl groups excluding tert-OH is 1. The molecule has 1 nitrogen and oxygen atoms in total.